The molecule has 3 nitrogen and oxygen atoms in total. The molecular weight excluding hydrogens is 269 g/mol. The molecule has 1 atom stereocenters. The van der Waals surface area contributed by atoms with Crippen LogP contribution in [0.1, 0.15) is 11.7 Å². The van der Waals surface area contributed by atoms with Crippen LogP contribution < -0.4 is 5.73 Å². The minimum atomic E-state index is -1.46. The minimum Gasteiger partial charge on any atom is -0.378 e. The van der Waals surface area contributed by atoms with Gasteiger partial charge >= 0.3 is 0 Å². The normalized spacial score (nSPS) is 12.2. The van der Waals surface area contributed by atoms with Gasteiger partial charge in [-0.05, 0) is 29.3 Å². The Morgan fingerprint density at radius 2 is 1.89 bits per heavy atom. The highest BCUT2D eigenvalue weighted by Gasteiger charge is 2.19. The highest BCUT2D eigenvalue weighted by molar-refractivity contribution is 6.33. The van der Waals surface area contributed by atoms with Gasteiger partial charge in [0.2, 0.25) is 0 Å². The van der Waals surface area contributed by atoms with Crippen molar-refractivity contribution in [2.75, 3.05) is 0 Å². The number of nitrogens with two attached hydrogens (primary N) is 1. The molecule has 0 aromatic heterocycles. The van der Waals surface area contributed by atoms with Gasteiger partial charge in [0.15, 0.2) is 6.10 Å². The molecule has 5 heteroatoms. The summed E-state index contributed by atoms with van der Waals surface area (Å²) >= 11 is 6.02. The fraction of sp³-hybridized carbons (Fsp3) is 0.0714. The highest BCUT2D eigenvalue weighted by Crippen LogP contribution is 2.33. The third-order valence-electron chi connectivity index (χ3n) is 2.74. The molecule has 0 heterocycles. The van der Waals surface area contributed by atoms with Crippen LogP contribution in [0.4, 0.5) is 4.39 Å². The molecule has 0 fully saturated rings. The average Bonchev–Trinajstić information content (AvgIpc) is 2.40. The van der Waals surface area contributed by atoms with Gasteiger partial charge in [-0.25, -0.2) is 4.39 Å². The van der Waals surface area contributed by atoms with Gasteiger partial charge < -0.3 is 10.8 Å². The summed E-state index contributed by atoms with van der Waals surface area (Å²) in [6.45, 7) is 0. The Kier molecular flexibility index (Phi) is 3.83. The van der Waals surface area contributed by atoms with Crippen molar-refractivity contribution in [3.63, 3.8) is 0 Å². The summed E-state index contributed by atoms with van der Waals surface area (Å²) in [4.78, 5) is 11.1. The molecule has 0 bridgehead atoms. The van der Waals surface area contributed by atoms with Crippen molar-refractivity contribution >= 4 is 17.5 Å². The summed E-state index contributed by atoms with van der Waals surface area (Å²) in [7, 11) is 0. The van der Waals surface area contributed by atoms with Crippen LogP contribution in [0.25, 0.3) is 11.1 Å². The summed E-state index contributed by atoms with van der Waals surface area (Å²) in [5.41, 5.74) is 6.25. The van der Waals surface area contributed by atoms with Crippen LogP contribution in [-0.2, 0) is 4.79 Å². The maximum atomic E-state index is 13.3. The van der Waals surface area contributed by atoms with E-state index in [1.54, 1.807) is 24.3 Å². The first-order valence-electron chi connectivity index (χ1n) is 5.52. The van der Waals surface area contributed by atoms with E-state index in [-0.39, 0.29) is 0 Å². The molecule has 0 spiro atoms. The summed E-state index contributed by atoms with van der Waals surface area (Å²) < 4.78 is 13.3. The van der Waals surface area contributed by atoms with Crippen LogP contribution in [0, 0.1) is 5.82 Å². The van der Waals surface area contributed by atoms with Gasteiger partial charge in [-0.2, -0.15) is 0 Å². The quantitative estimate of drug-likeness (QED) is 0.907. The molecule has 0 saturated heterocycles. The number of carbonyl (C=O) groups is 1. The molecule has 19 heavy (non-hydrogen) atoms. The summed E-state index contributed by atoms with van der Waals surface area (Å²) in [6, 6.07) is 10.4. The number of hydrogen-bond donors (Lipinski definition) is 2. The van der Waals surface area contributed by atoms with E-state index < -0.39 is 17.8 Å². The van der Waals surface area contributed by atoms with Gasteiger partial charge in [0, 0.05) is 10.6 Å². The summed E-state index contributed by atoms with van der Waals surface area (Å²) in [5.74, 6) is -1.33. The van der Waals surface area contributed by atoms with Crippen molar-refractivity contribution in [2.24, 2.45) is 5.73 Å². The number of halogens is 2. The minimum absolute atomic E-state index is 0.294. The maximum absolute atomic E-state index is 13.3. The first kappa shape index (κ1) is 13.5. The molecule has 0 saturated carbocycles. The van der Waals surface area contributed by atoms with Crippen molar-refractivity contribution in [1.29, 1.82) is 0 Å². The fourth-order valence-electron chi connectivity index (χ4n) is 1.84. The lowest BCUT2D eigenvalue weighted by Gasteiger charge is -2.14. The second kappa shape index (κ2) is 5.38. The maximum Gasteiger partial charge on any atom is 0.250 e. The highest BCUT2D eigenvalue weighted by atomic mass is 35.5. The number of hydrogen-bond acceptors (Lipinski definition) is 2. The third-order valence-corrected chi connectivity index (χ3v) is 3.07. The van der Waals surface area contributed by atoms with Gasteiger partial charge in [0.05, 0.1) is 0 Å². The topological polar surface area (TPSA) is 63.3 Å². The van der Waals surface area contributed by atoms with Crippen LogP contribution in [0.15, 0.2) is 42.5 Å². The van der Waals surface area contributed by atoms with E-state index in [9.17, 15) is 14.3 Å². The van der Waals surface area contributed by atoms with E-state index in [0.29, 0.717) is 21.7 Å². The molecule has 0 aliphatic rings. The number of aliphatic hydroxyl groups is 1. The van der Waals surface area contributed by atoms with Gasteiger partial charge in [-0.15, -0.1) is 0 Å². The molecule has 0 radical (unpaired) electrons. The van der Waals surface area contributed by atoms with Gasteiger partial charge in [-0.1, -0.05) is 35.9 Å². The SMILES string of the molecule is NC(=O)C(O)c1ccccc1-c1cc(F)ccc1Cl. The predicted molar refractivity (Wildman–Crippen MR) is 71.0 cm³/mol. The van der Waals surface area contributed by atoms with E-state index in [0.717, 1.165) is 0 Å². The van der Waals surface area contributed by atoms with E-state index in [1.807, 2.05) is 0 Å². The number of aliphatic hydroxyl groups excluding tert-OH is 1. The Morgan fingerprint density at radius 3 is 2.58 bits per heavy atom. The van der Waals surface area contributed by atoms with Crippen LogP contribution >= 0.6 is 11.6 Å². The van der Waals surface area contributed by atoms with E-state index in [1.165, 1.54) is 18.2 Å². The molecule has 0 aliphatic carbocycles. The first-order chi connectivity index (χ1) is 9.00. The van der Waals surface area contributed by atoms with Crippen molar-refractivity contribution in [3.8, 4) is 11.1 Å². The molecular formula is C14H11ClFNO2. The van der Waals surface area contributed by atoms with Gasteiger partial charge in [0.1, 0.15) is 5.82 Å². The van der Waals surface area contributed by atoms with Crippen molar-refractivity contribution in [1.82, 2.24) is 0 Å². The second-order valence-electron chi connectivity index (χ2n) is 4.02. The Labute approximate surface area is 114 Å². The molecule has 2 aromatic rings. The number of amides is 1. The van der Waals surface area contributed by atoms with Gasteiger partial charge in [-0.3, -0.25) is 4.79 Å². The molecule has 2 aromatic carbocycles. The zero-order valence-corrected chi connectivity index (χ0v) is 10.6. The van der Waals surface area contributed by atoms with Crippen molar-refractivity contribution < 1.29 is 14.3 Å². The molecule has 1 unspecified atom stereocenters. The zero-order chi connectivity index (χ0) is 14.0. The molecule has 3 N–H and O–H groups in total. The van der Waals surface area contributed by atoms with E-state index in [2.05, 4.69) is 0 Å². The number of rotatable bonds is 3. The van der Waals surface area contributed by atoms with Crippen LogP contribution in [-0.4, -0.2) is 11.0 Å². The largest absolute Gasteiger partial charge is 0.378 e. The van der Waals surface area contributed by atoms with Gasteiger partial charge in [0.25, 0.3) is 5.91 Å². The average molecular weight is 280 g/mol. The Balaban J connectivity index is 2.62. The molecule has 0 aliphatic heterocycles. The lowest BCUT2D eigenvalue weighted by molar-refractivity contribution is -0.126. The smallest absolute Gasteiger partial charge is 0.250 e. The third kappa shape index (κ3) is 2.75. The molecule has 1 amide bonds. The zero-order valence-electron chi connectivity index (χ0n) is 9.81. The van der Waals surface area contributed by atoms with Crippen molar-refractivity contribution in [3.05, 3.63) is 58.9 Å². The lowest BCUT2D eigenvalue weighted by atomic mass is 9.96. The molecule has 98 valence electrons. The predicted octanol–water partition coefficient (Wildman–Crippen LogP) is 2.66. The summed E-state index contributed by atoms with van der Waals surface area (Å²) in [6.07, 6.45) is -1.46. The van der Waals surface area contributed by atoms with Crippen molar-refractivity contribution in [2.45, 2.75) is 6.10 Å². The van der Waals surface area contributed by atoms with E-state index in [4.69, 9.17) is 17.3 Å². The second-order valence-corrected chi connectivity index (χ2v) is 4.42. The number of benzene rings is 2. The van der Waals surface area contributed by atoms with Crippen LogP contribution in [0.2, 0.25) is 5.02 Å². The van der Waals surface area contributed by atoms with Crippen LogP contribution in [0.3, 0.4) is 0 Å². The van der Waals surface area contributed by atoms with Crippen LogP contribution in [0.5, 0.6) is 0 Å². The Bertz CT molecular complexity index is 631. The molecule has 2 rings (SSSR count). The number of primary amides is 1. The number of carbonyl (C=O) groups excluding carboxylic acids is 1. The fourth-order valence-corrected chi connectivity index (χ4v) is 2.06. The summed E-state index contributed by atoms with van der Waals surface area (Å²) in [5, 5.41) is 10.1. The lowest BCUT2D eigenvalue weighted by Crippen LogP contribution is -2.21. The standard InChI is InChI=1S/C14H11ClFNO2/c15-12-6-5-8(16)7-11(12)9-3-1-2-4-10(9)13(18)14(17)19/h1-7,13,18H,(H2,17,19). The monoisotopic (exact) mass is 279 g/mol. The Hall–Kier alpha value is -1.91. The van der Waals surface area contributed by atoms with E-state index >= 15 is 0 Å². The first-order valence-corrected chi connectivity index (χ1v) is 5.90. The Morgan fingerprint density at radius 1 is 1.21 bits per heavy atom.